The van der Waals surface area contributed by atoms with Crippen molar-refractivity contribution in [2.75, 3.05) is 56.6 Å². The minimum Gasteiger partial charge on any atom is -0.393 e. The number of carbonyl (C=O) groups excluding carboxylic acids is 1. The third kappa shape index (κ3) is 5.76. The van der Waals surface area contributed by atoms with Crippen molar-refractivity contribution < 1.29 is 18.7 Å². The predicted molar refractivity (Wildman–Crippen MR) is 99.9 cm³/mol. The molecule has 0 radical (unpaired) electrons. The number of nitrogens with one attached hydrogen (secondary N) is 2. The first kappa shape index (κ1) is 20.3. The molecule has 0 atom stereocenters. The number of halogens is 1. The molecule has 10 heteroatoms. The zero-order valence-electron chi connectivity index (χ0n) is 15.2. The van der Waals surface area contributed by atoms with Crippen LogP contribution in [0.5, 0.6) is 0 Å². The number of benzene rings is 1. The fourth-order valence-electron chi connectivity index (χ4n) is 2.25. The van der Waals surface area contributed by atoms with E-state index in [4.69, 9.17) is 15.2 Å². The Kier molecular flexibility index (Phi) is 7.71. The van der Waals surface area contributed by atoms with E-state index in [-0.39, 0.29) is 11.5 Å². The van der Waals surface area contributed by atoms with Crippen LogP contribution in [0.2, 0.25) is 0 Å². The summed E-state index contributed by atoms with van der Waals surface area (Å²) in [7, 11) is 3.21. The minimum atomic E-state index is -0.454. The fraction of sp³-hybridized carbons (Fsp3) is 0.353. The molecule has 0 bridgehead atoms. The highest BCUT2D eigenvalue weighted by molar-refractivity contribution is 5.95. The molecule has 2 rings (SSSR count). The molecule has 27 heavy (non-hydrogen) atoms. The number of nitrogen functional groups attached to an aromatic ring is 1. The predicted octanol–water partition coefficient (Wildman–Crippen LogP) is 1.05. The topological polar surface area (TPSA) is 115 Å². The van der Waals surface area contributed by atoms with Crippen LogP contribution >= 0.6 is 0 Å². The number of nitrogens with zero attached hydrogens (tertiary/aromatic N) is 3. The molecule has 1 aromatic heterocycles. The lowest BCUT2D eigenvalue weighted by Crippen LogP contribution is -2.33. The Hall–Kier alpha value is -2.98. The highest BCUT2D eigenvalue weighted by Crippen LogP contribution is 2.25. The zero-order chi connectivity index (χ0) is 19.6. The van der Waals surface area contributed by atoms with Gasteiger partial charge in [0.15, 0.2) is 11.6 Å². The van der Waals surface area contributed by atoms with E-state index in [0.717, 1.165) is 0 Å². The van der Waals surface area contributed by atoms with Crippen LogP contribution in [-0.4, -0.2) is 56.4 Å². The molecule has 1 amide bonds. The van der Waals surface area contributed by atoms with Crippen LogP contribution < -0.4 is 21.5 Å². The van der Waals surface area contributed by atoms with Crippen molar-refractivity contribution in [3.8, 4) is 0 Å². The zero-order valence-corrected chi connectivity index (χ0v) is 15.2. The van der Waals surface area contributed by atoms with E-state index in [1.54, 1.807) is 14.2 Å². The van der Waals surface area contributed by atoms with Crippen molar-refractivity contribution in [2.45, 2.75) is 0 Å². The van der Waals surface area contributed by atoms with Crippen LogP contribution in [0.25, 0.3) is 0 Å². The number of methoxy groups -OCH3 is 2. The molecule has 0 spiro atoms. The van der Waals surface area contributed by atoms with Crippen LogP contribution in [0, 0.1) is 5.82 Å². The molecule has 2 aromatic rings. The quantitative estimate of drug-likeness (QED) is 0.526. The first-order valence-electron chi connectivity index (χ1n) is 8.22. The molecule has 0 aliphatic carbocycles. The van der Waals surface area contributed by atoms with E-state index in [9.17, 15) is 9.18 Å². The Morgan fingerprint density at radius 2 is 1.78 bits per heavy atom. The Bertz CT molecular complexity index is 736. The standard InChI is InChI=1S/C17H23FN6O3/c1-26-9-7-24(8-10-27-2)16-14(19)15(20-11-21-16)22-23-17(25)12-3-5-13(18)6-4-12/h3-6,11H,7-10,19H2,1-2H3,(H,23,25)(H,20,21,22). The lowest BCUT2D eigenvalue weighted by atomic mass is 10.2. The molecule has 9 nitrogen and oxygen atoms in total. The van der Waals surface area contributed by atoms with Gasteiger partial charge in [-0.3, -0.25) is 15.6 Å². The Morgan fingerprint density at radius 3 is 2.37 bits per heavy atom. The number of hydrogen-bond donors (Lipinski definition) is 3. The second kappa shape index (κ2) is 10.2. The van der Waals surface area contributed by atoms with Gasteiger partial charge in [-0.25, -0.2) is 14.4 Å². The second-order valence-electron chi connectivity index (χ2n) is 5.52. The number of aromatic nitrogens is 2. The normalized spacial score (nSPS) is 10.5. The van der Waals surface area contributed by atoms with Crippen molar-refractivity contribution in [1.29, 1.82) is 0 Å². The molecule has 0 saturated carbocycles. The van der Waals surface area contributed by atoms with E-state index in [0.29, 0.717) is 37.7 Å². The van der Waals surface area contributed by atoms with Crippen molar-refractivity contribution in [1.82, 2.24) is 15.4 Å². The molecular formula is C17H23FN6O3. The van der Waals surface area contributed by atoms with Gasteiger partial charge >= 0.3 is 0 Å². The summed E-state index contributed by atoms with van der Waals surface area (Å²) >= 11 is 0. The van der Waals surface area contributed by atoms with Gasteiger partial charge in [0.05, 0.1) is 13.2 Å². The summed E-state index contributed by atoms with van der Waals surface area (Å²) in [6.07, 6.45) is 1.34. The van der Waals surface area contributed by atoms with E-state index < -0.39 is 11.7 Å². The summed E-state index contributed by atoms with van der Waals surface area (Å²) in [5.41, 5.74) is 11.9. The summed E-state index contributed by atoms with van der Waals surface area (Å²) in [5.74, 6) is -0.130. The van der Waals surface area contributed by atoms with E-state index in [1.807, 2.05) is 4.90 Å². The van der Waals surface area contributed by atoms with E-state index in [1.165, 1.54) is 30.6 Å². The van der Waals surface area contributed by atoms with Gasteiger partial charge in [0.25, 0.3) is 5.91 Å². The highest BCUT2D eigenvalue weighted by Gasteiger charge is 2.16. The Morgan fingerprint density at radius 1 is 1.15 bits per heavy atom. The maximum absolute atomic E-state index is 12.9. The van der Waals surface area contributed by atoms with Crippen molar-refractivity contribution in [2.24, 2.45) is 0 Å². The van der Waals surface area contributed by atoms with Gasteiger partial charge in [-0.15, -0.1) is 0 Å². The van der Waals surface area contributed by atoms with Gasteiger partial charge in [0.2, 0.25) is 0 Å². The molecule has 4 N–H and O–H groups in total. The number of amides is 1. The maximum atomic E-state index is 12.9. The molecule has 0 fully saturated rings. The smallest absolute Gasteiger partial charge is 0.269 e. The van der Waals surface area contributed by atoms with E-state index >= 15 is 0 Å². The Labute approximate surface area is 156 Å². The van der Waals surface area contributed by atoms with Gasteiger partial charge in [0.1, 0.15) is 17.8 Å². The fourth-order valence-corrected chi connectivity index (χ4v) is 2.25. The van der Waals surface area contributed by atoms with Crippen molar-refractivity contribution in [3.05, 3.63) is 42.0 Å². The third-order valence-electron chi connectivity index (χ3n) is 3.69. The largest absolute Gasteiger partial charge is 0.393 e. The summed E-state index contributed by atoms with van der Waals surface area (Å²) in [4.78, 5) is 22.3. The van der Waals surface area contributed by atoms with Gasteiger partial charge in [-0.1, -0.05) is 0 Å². The van der Waals surface area contributed by atoms with Crippen LogP contribution in [0.3, 0.4) is 0 Å². The first-order valence-corrected chi connectivity index (χ1v) is 8.22. The average Bonchev–Trinajstić information content (AvgIpc) is 2.68. The molecule has 1 aromatic carbocycles. The number of rotatable bonds is 10. The SMILES string of the molecule is COCCN(CCOC)c1ncnc(NNC(=O)c2ccc(F)cc2)c1N. The van der Waals surface area contributed by atoms with Crippen molar-refractivity contribution in [3.63, 3.8) is 0 Å². The second-order valence-corrected chi connectivity index (χ2v) is 5.52. The number of anilines is 3. The van der Waals surface area contributed by atoms with Gasteiger partial charge < -0.3 is 20.1 Å². The van der Waals surface area contributed by atoms with Gasteiger partial charge in [-0.05, 0) is 24.3 Å². The van der Waals surface area contributed by atoms with Crippen molar-refractivity contribution >= 4 is 23.2 Å². The van der Waals surface area contributed by atoms with Crippen LogP contribution in [0.4, 0.5) is 21.7 Å². The monoisotopic (exact) mass is 378 g/mol. The highest BCUT2D eigenvalue weighted by atomic mass is 19.1. The minimum absolute atomic E-state index is 0.246. The molecule has 1 heterocycles. The number of nitrogens with two attached hydrogens (primary N) is 1. The summed E-state index contributed by atoms with van der Waals surface area (Å²) < 4.78 is 23.2. The molecular weight excluding hydrogens is 355 g/mol. The Balaban J connectivity index is 2.09. The third-order valence-corrected chi connectivity index (χ3v) is 3.69. The maximum Gasteiger partial charge on any atom is 0.269 e. The summed E-state index contributed by atoms with van der Waals surface area (Å²) in [6.45, 7) is 2.08. The van der Waals surface area contributed by atoms with E-state index in [2.05, 4.69) is 20.8 Å². The number of hydrogen-bond acceptors (Lipinski definition) is 8. The van der Waals surface area contributed by atoms with Crippen LogP contribution in [-0.2, 0) is 9.47 Å². The van der Waals surface area contributed by atoms with Crippen LogP contribution in [0.15, 0.2) is 30.6 Å². The summed E-state index contributed by atoms with van der Waals surface area (Å²) in [5, 5.41) is 0. The number of carbonyl (C=O) groups is 1. The lowest BCUT2D eigenvalue weighted by Gasteiger charge is -2.25. The van der Waals surface area contributed by atoms with Gasteiger partial charge in [-0.2, -0.15) is 0 Å². The molecule has 146 valence electrons. The summed E-state index contributed by atoms with van der Waals surface area (Å²) in [6, 6.07) is 5.15. The van der Waals surface area contributed by atoms with Crippen LogP contribution in [0.1, 0.15) is 10.4 Å². The molecule has 0 aliphatic heterocycles. The molecule has 0 unspecified atom stereocenters. The number of hydrazine groups is 1. The molecule has 0 aliphatic rings. The number of ether oxygens (including phenoxy) is 2. The van der Waals surface area contributed by atoms with Gasteiger partial charge in [0, 0.05) is 32.9 Å². The average molecular weight is 378 g/mol. The lowest BCUT2D eigenvalue weighted by molar-refractivity contribution is 0.0962. The molecule has 0 saturated heterocycles. The first-order chi connectivity index (χ1) is 13.1.